The van der Waals surface area contributed by atoms with E-state index >= 15 is 0 Å². The first-order valence-corrected chi connectivity index (χ1v) is 12.1. The van der Waals surface area contributed by atoms with Crippen LogP contribution in [-0.2, 0) is 16.8 Å². The Balaban J connectivity index is 1.13. The average molecular weight is 486 g/mol. The molecule has 1 fully saturated rings. The summed E-state index contributed by atoms with van der Waals surface area (Å²) in [5.41, 5.74) is 3.16. The van der Waals surface area contributed by atoms with Crippen LogP contribution in [0.25, 0.3) is 33.3 Å². The van der Waals surface area contributed by atoms with E-state index in [-0.39, 0.29) is 5.91 Å². The number of hydrogen-bond acceptors (Lipinski definition) is 4. The molecule has 0 spiro atoms. The molecule has 5 aromatic rings. The Morgan fingerprint density at radius 1 is 1.03 bits per heavy atom. The van der Waals surface area contributed by atoms with Gasteiger partial charge in [0.1, 0.15) is 22.6 Å². The van der Waals surface area contributed by atoms with Crippen molar-refractivity contribution in [3.8, 4) is 11.4 Å². The van der Waals surface area contributed by atoms with Crippen LogP contribution < -0.4 is 0 Å². The van der Waals surface area contributed by atoms with Crippen LogP contribution in [0.4, 0.5) is 0 Å². The van der Waals surface area contributed by atoms with E-state index in [9.17, 15) is 9.90 Å². The zero-order valence-corrected chi connectivity index (χ0v) is 19.8. The normalized spacial score (nSPS) is 15.7. The number of likely N-dealkylation sites (tertiary alicyclic amines) is 1. The second-order valence-corrected chi connectivity index (χ2v) is 9.61. The Morgan fingerprint density at radius 2 is 1.77 bits per heavy atom. The fourth-order valence-corrected chi connectivity index (χ4v) is 5.00. The summed E-state index contributed by atoms with van der Waals surface area (Å²) in [6.07, 6.45) is 2.91. The second kappa shape index (κ2) is 8.56. The molecule has 0 aliphatic carbocycles. The minimum absolute atomic E-state index is 0.0608. The largest absolute Gasteiger partial charge is 0.456 e. The van der Waals surface area contributed by atoms with E-state index in [1.54, 1.807) is 6.20 Å². The minimum Gasteiger partial charge on any atom is -0.456 e. The molecule has 0 bridgehead atoms. The molecule has 35 heavy (non-hydrogen) atoms. The Labute approximate surface area is 207 Å². The highest BCUT2D eigenvalue weighted by atomic mass is 35.5. The van der Waals surface area contributed by atoms with Crippen molar-refractivity contribution in [2.24, 2.45) is 0 Å². The number of rotatable bonds is 4. The van der Waals surface area contributed by atoms with E-state index in [1.165, 1.54) is 0 Å². The van der Waals surface area contributed by atoms with Crippen LogP contribution >= 0.6 is 11.6 Å². The predicted molar refractivity (Wildman–Crippen MR) is 136 cm³/mol. The third-order valence-electron chi connectivity index (χ3n) is 6.93. The third kappa shape index (κ3) is 4.09. The summed E-state index contributed by atoms with van der Waals surface area (Å²) in [4.78, 5) is 22.6. The first-order valence-electron chi connectivity index (χ1n) is 11.7. The molecule has 0 saturated carbocycles. The van der Waals surface area contributed by atoms with Crippen molar-refractivity contribution in [1.29, 1.82) is 0 Å². The number of hydrogen-bond donors (Lipinski definition) is 2. The Hall–Kier alpha value is -3.61. The van der Waals surface area contributed by atoms with Crippen LogP contribution in [0.5, 0.6) is 0 Å². The maximum absolute atomic E-state index is 13.1. The molecule has 1 aliphatic rings. The molecule has 0 atom stereocenters. The molecular weight excluding hydrogens is 462 g/mol. The number of amides is 1. The molecule has 2 aromatic heterocycles. The van der Waals surface area contributed by atoms with Crippen molar-refractivity contribution in [2.75, 3.05) is 13.1 Å². The number of aromatic amines is 1. The minimum atomic E-state index is -1.04. The molecule has 1 amide bonds. The quantitative estimate of drug-likeness (QED) is 0.343. The molecule has 7 heteroatoms. The number of furan rings is 1. The number of aliphatic hydroxyl groups is 1. The number of fused-ring (bicyclic) bond motifs is 3. The van der Waals surface area contributed by atoms with Gasteiger partial charge in [-0.25, -0.2) is 4.98 Å². The summed E-state index contributed by atoms with van der Waals surface area (Å²) < 4.78 is 5.89. The zero-order valence-electron chi connectivity index (χ0n) is 19.0. The SMILES string of the molecule is O=C(Cc1ccc2oc3ccccc3c2c1)N1CCC(O)(c2cnc(-c3ccc(Cl)cc3)[nH]2)CC1. The van der Waals surface area contributed by atoms with Gasteiger partial charge in [0, 0.05) is 34.4 Å². The molecule has 176 valence electrons. The maximum atomic E-state index is 13.1. The second-order valence-electron chi connectivity index (χ2n) is 9.17. The number of imidazole rings is 1. The average Bonchev–Trinajstić information content (AvgIpc) is 3.51. The number of H-pyrrole nitrogens is 1. The van der Waals surface area contributed by atoms with E-state index in [4.69, 9.17) is 16.0 Å². The van der Waals surface area contributed by atoms with Crippen LogP contribution in [0.3, 0.4) is 0 Å². The molecule has 3 heterocycles. The molecule has 3 aromatic carbocycles. The lowest BCUT2D eigenvalue weighted by atomic mass is 9.88. The summed E-state index contributed by atoms with van der Waals surface area (Å²) in [6, 6.07) is 21.3. The van der Waals surface area contributed by atoms with Crippen LogP contribution in [0.1, 0.15) is 24.1 Å². The number of nitrogens with one attached hydrogen (secondary N) is 1. The lowest BCUT2D eigenvalue weighted by molar-refractivity contribution is -0.135. The first-order chi connectivity index (χ1) is 17.0. The first kappa shape index (κ1) is 21.9. The van der Waals surface area contributed by atoms with E-state index in [2.05, 4.69) is 9.97 Å². The van der Waals surface area contributed by atoms with Gasteiger partial charge in [0.25, 0.3) is 0 Å². The zero-order chi connectivity index (χ0) is 24.0. The third-order valence-corrected chi connectivity index (χ3v) is 7.19. The van der Waals surface area contributed by atoms with Crippen LogP contribution in [0.15, 0.2) is 77.3 Å². The summed E-state index contributed by atoms with van der Waals surface area (Å²) >= 11 is 5.98. The van der Waals surface area contributed by atoms with Crippen molar-refractivity contribution in [2.45, 2.75) is 24.9 Å². The summed E-state index contributed by atoms with van der Waals surface area (Å²) in [5.74, 6) is 0.747. The van der Waals surface area contributed by atoms with Gasteiger partial charge in [-0.3, -0.25) is 4.79 Å². The van der Waals surface area contributed by atoms with Gasteiger partial charge in [0.05, 0.1) is 18.3 Å². The fraction of sp³-hybridized carbons (Fsp3) is 0.214. The molecule has 0 unspecified atom stereocenters. The van der Waals surface area contributed by atoms with Crippen LogP contribution in [0, 0.1) is 0 Å². The lowest BCUT2D eigenvalue weighted by Gasteiger charge is -2.37. The topological polar surface area (TPSA) is 82.4 Å². The Morgan fingerprint density at radius 3 is 2.57 bits per heavy atom. The van der Waals surface area contributed by atoms with E-state index in [0.717, 1.165) is 33.1 Å². The Bertz CT molecular complexity index is 1530. The van der Waals surface area contributed by atoms with Crippen molar-refractivity contribution in [1.82, 2.24) is 14.9 Å². The number of piperidine rings is 1. The fourth-order valence-electron chi connectivity index (χ4n) is 4.88. The number of para-hydroxylation sites is 1. The van der Waals surface area contributed by atoms with Crippen LogP contribution in [-0.4, -0.2) is 39.0 Å². The lowest BCUT2D eigenvalue weighted by Crippen LogP contribution is -2.45. The van der Waals surface area contributed by atoms with Gasteiger partial charge in [0.2, 0.25) is 5.91 Å². The predicted octanol–water partition coefficient (Wildman–Crippen LogP) is 5.68. The van der Waals surface area contributed by atoms with Gasteiger partial charge in [-0.05, 0) is 60.9 Å². The van der Waals surface area contributed by atoms with E-state index < -0.39 is 5.60 Å². The number of aromatic nitrogens is 2. The molecule has 1 aliphatic heterocycles. The number of halogens is 1. The molecule has 6 rings (SSSR count). The maximum Gasteiger partial charge on any atom is 0.226 e. The molecule has 0 radical (unpaired) electrons. The monoisotopic (exact) mass is 485 g/mol. The summed E-state index contributed by atoms with van der Waals surface area (Å²) in [5, 5.41) is 14.0. The molecule has 6 nitrogen and oxygen atoms in total. The molecule has 1 saturated heterocycles. The summed E-state index contributed by atoms with van der Waals surface area (Å²) in [6.45, 7) is 0.975. The van der Waals surface area contributed by atoms with E-state index in [1.807, 2.05) is 71.6 Å². The molecular formula is C28H24ClN3O3. The highest BCUT2D eigenvalue weighted by Crippen LogP contribution is 2.34. The number of benzene rings is 3. The van der Waals surface area contributed by atoms with Crippen molar-refractivity contribution in [3.63, 3.8) is 0 Å². The van der Waals surface area contributed by atoms with Gasteiger partial charge in [-0.15, -0.1) is 0 Å². The molecule has 2 N–H and O–H groups in total. The Kier molecular flexibility index (Phi) is 5.35. The van der Waals surface area contributed by atoms with Gasteiger partial charge in [-0.2, -0.15) is 0 Å². The number of nitrogens with zero attached hydrogens (tertiary/aromatic N) is 2. The van der Waals surface area contributed by atoms with Gasteiger partial charge in [-0.1, -0.05) is 35.9 Å². The van der Waals surface area contributed by atoms with Gasteiger partial charge >= 0.3 is 0 Å². The standard InChI is InChI=1S/C28H24ClN3O3/c29-20-8-6-19(7-9-20)27-30-17-25(31-27)28(34)11-13-32(14-12-28)26(33)16-18-5-10-24-22(15-18)21-3-1-2-4-23(21)35-24/h1-10,15,17,34H,11-14,16H2,(H,30,31). The van der Waals surface area contributed by atoms with Gasteiger partial charge in [0.15, 0.2) is 0 Å². The van der Waals surface area contributed by atoms with Gasteiger partial charge < -0.3 is 19.4 Å². The summed E-state index contributed by atoms with van der Waals surface area (Å²) in [7, 11) is 0. The van der Waals surface area contributed by atoms with Crippen LogP contribution in [0.2, 0.25) is 5.02 Å². The van der Waals surface area contributed by atoms with Crippen molar-refractivity contribution in [3.05, 3.63) is 89.2 Å². The van der Waals surface area contributed by atoms with Crippen molar-refractivity contribution < 1.29 is 14.3 Å². The van der Waals surface area contributed by atoms with Crippen molar-refractivity contribution >= 4 is 39.4 Å². The smallest absolute Gasteiger partial charge is 0.226 e. The number of carbonyl (C=O) groups excluding carboxylic acids is 1. The van der Waals surface area contributed by atoms with E-state index in [0.29, 0.717) is 48.9 Å². The number of carbonyl (C=O) groups is 1. The highest BCUT2D eigenvalue weighted by Gasteiger charge is 2.37. The highest BCUT2D eigenvalue weighted by molar-refractivity contribution is 6.30.